The number of benzene rings is 2. The maximum Gasteiger partial charge on any atom is 0.248 e. The Morgan fingerprint density at radius 1 is 1.13 bits per heavy atom. The van der Waals surface area contributed by atoms with Gasteiger partial charge in [-0.25, -0.2) is 4.39 Å². The van der Waals surface area contributed by atoms with Crippen LogP contribution in [0.15, 0.2) is 48.5 Å². The van der Waals surface area contributed by atoms with Crippen LogP contribution in [-0.2, 0) is 11.2 Å². The van der Waals surface area contributed by atoms with Gasteiger partial charge in [-0.05, 0) is 30.2 Å². The fourth-order valence-electron chi connectivity index (χ4n) is 2.19. The summed E-state index contributed by atoms with van der Waals surface area (Å²) in [5, 5.41) is 2.50. The Morgan fingerprint density at radius 3 is 2.39 bits per heavy atom. The first-order valence-corrected chi connectivity index (χ1v) is 7.15. The van der Waals surface area contributed by atoms with Crippen LogP contribution in [0.1, 0.15) is 15.9 Å². The quantitative estimate of drug-likeness (QED) is 0.756. The van der Waals surface area contributed by atoms with Crippen molar-refractivity contribution < 1.29 is 14.0 Å². The molecule has 5 N–H and O–H groups in total. The van der Waals surface area contributed by atoms with Crippen LogP contribution in [0.4, 0.5) is 10.1 Å². The Hall–Kier alpha value is -2.73. The van der Waals surface area contributed by atoms with E-state index in [0.717, 1.165) is 11.6 Å². The third kappa shape index (κ3) is 4.37. The van der Waals surface area contributed by atoms with Gasteiger partial charge >= 0.3 is 0 Å². The van der Waals surface area contributed by atoms with Crippen LogP contribution in [-0.4, -0.2) is 18.4 Å². The second-order valence-corrected chi connectivity index (χ2v) is 5.17. The highest BCUT2D eigenvalue weighted by Gasteiger charge is 2.19. The summed E-state index contributed by atoms with van der Waals surface area (Å²) in [5.74, 6) is -2.30. The van der Waals surface area contributed by atoms with E-state index in [0.29, 0.717) is 6.42 Å². The van der Waals surface area contributed by atoms with Gasteiger partial charge in [0.2, 0.25) is 11.8 Å². The van der Waals surface area contributed by atoms with Gasteiger partial charge in [0.25, 0.3) is 0 Å². The summed E-state index contributed by atoms with van der Waals surface area (Å²) in [6.45, 7) is 0.141. The van der Waals surface area contributed by atoms with Crippen LogP contribution in [0.5, 0.6) is 0 Å². The summed E-state index contributed by atoms with van der Waals surface area (Å²) >= 11 is 0. The zero-order valence-corrected chi connectivity index (χ0v) is 12.5. The van der Waals surface area contributed by atoms with Crippen LogP contribution in [0.3, 0.4) is 0 Å². The van der Waals surface area contributed by atoms with Gasteiger partial charge < -0.3 is 16.8 Å². The monoisotopic (exact) mass is 315 g/mol. The Morgan fingerprint density at radius 2 is 1.83 bits per heavy atom. The maximum atomic E-state index is 13.9. The number of halogens is 1. The molecule has 5 nitrogen and oxygen atoms in total. The molecule has 2 aromatic rings. The number of hydrogen-bond acceptors (Lipinski definition) is 3. The standard InChI is InChI=1S/C17H18FN3O2/c18-14-9-12(16(20)22)6-7-15(14)21-17(23)13(10-19)8-11-4-2-1-3-5-11/h1-7,9,13H,8,10,19H2,(H2,20,22)(H,21,23)/t13-/m1/s1. The van der Waals surface area contributed by atoms with E-state index in [2.05, 4.69) is 5.32 Å². The molecule has 0 aliphatic heterocycles. The lowest BCUT2D eigenvalue weighted by Gasteiger charge is -2.15. The molecule has 0 heterocycles. The highest BCUT2D eigenvalue weighted by atomic mass is 19.1. The average molecular weight is 315 g/mol. The molecule has 2 aromatic carbocycles. The fourth-order valence-corrected chi connectivity index (χ4v) is 2.19. The number of carbonyl (C=O) groups is 2. The molecule has 0 saturated heterocycles. The molecule has 1 atom stereocenters. The highest BCUT2D eigenvalue weighted by molar-refractivity contribution is 5.95. The van der Waals surface area contributed by atoms with E-state index in [-0.39, 0.29) is 23.7 Å². The molecular weight excluding hydrogens is 297 g/mol. The number of anilines is 1. The second kappa shape index (κ2) is 7.51. The average Bonchev–Trinajstić information content (AvgIpc) is 2.55. The normalized spacial score (nSPS) is 11.7. The van der Waals surface area contributed by atoms with Crippen molar-refractivity contribution in [1.82, 2.24) is 0 Å². The number of carbonyl (C=O) groups excluding carboxylic acids is 2. The van der Waals surface area contributed by atoms with Crippen LogP contribution in [0.2, 0.25) is 0 Å². The first-order valence-electron chi connectivity index (χ1n) is 7.15. The Balaban J connectivity index is 2.09. The number of rotatable bonds is 6. The van der Waals surface area contributed by atoms with Gasteiger partial charge in [0.15, 0.2) is 0 Å². The van der Waals surface area contributed by atoms with Crippen LogP contribution < -0.4 is 16.8 Å². The van der Waals surface area contributed by atoms with Gasteiger partial charge in [0.05, 0.1) is 11.6 Å². The SMILES string of the molecule is NC[C@@H](Cc1ccccc1)C(=O)Nc1ccc(C(N)=O)cc1F. The van der Waals surface area contributed by atoms with Gasteiger partial charge in [-0.15, -0.1) is 0 Å². The van der Waals surface area contributed by atoms with Gasteiger partial charge in [-0.3, -0.25) is 9.59 Å². The molecule has 0 aliphatic carbocycles. The summed E-state index contributed by atoms with van der Waals surface area (Å²) in [6.07, 6.45) is 0.462. The zero-order chi connectivity index (χ0) is 16.8. The molecule has 0 radical (unpaired) electrons. The van der Waals surface area contributed by atoms with Crippen LogP contribution in [0.25, 0.3) is 0 Å². The second-order valence-electron chi connectivity index (χ2n) is 5.17. The van der Waals surface area contributed by atoms with Gasteiger partial charge in [0, 0.05) is 12.1 Å². The number of primary amides is 1. The molecule has 6 heteroatoms. The molecule has 0 spiro atoms. The van der Waals surface area contributed by atoms with Gasteiger partial charge in [-0.1, -0.05) is 30.3 Å². The smallest absolute Gasteiger partial charge is 0.248 e. The van der Waals surface area contributed by atoms with Gasteiger partial charge in [-0.2, -0.15) is 0 Å². The van der Waals surface area contributed by atoms with Crippen molar-refractivity contribution in [1.29, 1.82) is 0 Å². The first-order chi connectivity index (χ1) is 11.0. The summed E-state index contributed by atoms with van der Waals surface area (Å²) in [5.41, 5.74) is 11.8. The van der Waals surface area contributed by atoms with Crippen molar-refractivity contribution >= 4 is 17.5 Å². The van der Waals surface area contributed by atoms with Crippen molar-refractivity contribution in [3.05, 3.63) is 65.5 Å². The van der Waals surface area contributed by atoms with Crippen molar-refractivity contribution in [2.45, 2.75) is 6.42 Å². The molecular formula is C17H18FN3O2. The lowest BCUT2D eigenvalue weighted by atomic mass is 9.98. The van der Waals surface area contributed by atoms with E-state index in [9.17, 15) is 14.0 Å². The fraction of sp³-hybridized carbons (Fsp3) is 0.176. The summed E-state index contributed by atoms with van der Waals surface area (Å²) in [6, 6.07) is 13.1. The van der Waals surface area contributed by atoms with Crippen molar-refractivity contribution in [3.8, 4) is 0 Å². The van der Waals surface area contributed by atoms with E-state index in [4.69, 9.17) is 11.5 Å². The molecule has 2 amide bonds. The largest absolute Gasteiger partial charge is 0.366 e. The first kappa shape index (κ1) is 16.6. The number of nitrogens with one attached hydrogen (secondary N) is 1. The molecule has 0 aliphatic rings. The van der Waals surface area contributed by atoms with Gasteiger partial charge in [0.1, 0.15) is 5.82 Å². The van der Waals surface area contributed by atoms with E-state index >= 15 is 0 Å². The third-order valence-corrected chi connectivity index (χ3v) is 3.49. The topological polar surface area (TPSA) is 98.2 Å². The Kier molecular flexibility index (Phi) is 5.43. The third-order valence-electron chi connectivity index (χ3n) is 3.49. The summed E-state index contributed by atoms with van der Waals surface area (Å²) in [7, 11) is 0. The van der Waals surface area contributed by atoms with E-state index in [1.807, 2.05) is 30.3 Å². The molecule has 23 heavy (non-hydrogen) atoms. The lowest BCUT2D eigenvalue weighted by Crippen LogP contribution is -2.31. The molecule has 0 saturated carbocycles. The zero-order valence-electron chi connectivity index (χ0n) is 12.5. The van der Waals surface area contributed by atoms with Crippen molar-refractivity contribution in [2.24, 2.45) is 17.4 Å². The van der Waals surface area contributed by atoms with E-state index in [1.54, 1.807) is 0 Å². The summed E-state index contributed by atoms with van der Waals surface area (Å²) < 4.78 is 13.9. The Bertz CT molecular complexity index is 704. The van der Waals surface area contributed by atoms with Crippen molar-refractivity contribution in [2.75, 3.05) is 11.9 Å². The molecule has 0 unspecified atom stereocenters. The van der Waals surface area contributed by atoms with E-state index < -0.39 is 17.6 Å². The number of hydrogen-bond donors (Lipinski definition) is 3. The van der Waals surface area contributed by atoms with Crippen LogP contribution >= 0.6 is 0 Å². The lowest BCUT2D eigenvalue weighted by molar-refractivity contribution is -0.119. The predicted molar refractivity (Wildman–Crippen MR) is 86.2 cm³/mol. The Labute approximate surface area is 133 Å². The predicted octanol–water partition coefficient (Wildman–Crippen LogP) is 1.68. The minimum Gasteiger partial charge on any atom is -0.366 e. The molecule has 0 aromatic heterocycles. The minimum absolute atomic E-state index is 0.00786. The van der Waals surface area contributed by atoms with Crippen LogP contribution in [0, 0.1) is 11.7 Å². The highest BCUT2D eigenvalue weighted by Crippen LogP contribution is 2.17. The minimum atomic E-state index is -0.731. The molecule has 2 rings (SSSR count). The maximum absolute atomic E-state index is 13.9. The number of amides is 2. The van der Waals surface area contributed by atoms with E-state index in [1.165, 1.54) is 12.1 Å². The number of nitrogens with two attached hydrogens (primary N) is 2. The molecule has 0 bridgehead atoms. The molecule has 120 valence electrons. The summed E-state index contributed by atoms with van der Waals surface area (Å²) in [4.78, 5) is 23.3. The molecule has 0 fully saturated rings. The van der Waals surface area contributed by atoms with Crippen molar-refractivity contribution in [3.63, 3.8) is 0 Å².